The first-order valence-corrected chi connectivity index (χ1v) is 8.40. The Balaban J connectivity index is 1.78. The molecule has 3 heterocycles. The van der Waals surface area contributed by atoms with Gasteiger partial charge in [0.1, 0.15) is 6.33 Å². The lowest BCUT2D eigenvalue weighted by Gasteiger charge is -2.31. The Labute approximate surface area is 137 Å². The van der Waals surface area contributed by atoms with Crippen LogP contribution in [0, 0.1) is 6.92 Å². The Bertz CT molecular complexity index is 601. The second-order valence-electron chi connectivity index (χ2n) is 6.37. The van der Waals surface area contributed by atoms with Crippen LogP contribution in [0.25, 0.3) is 0 Å². The van der Waals surface area contributed by atoms with Crippen molar-refractivity contribution in [2.75, 3.05) is 13.1 Å². The third-order valence-electron chi connectivity index (χ3n) is 4.77. The zero-order chi connectivity index (χ0) is 16.1. The number of hydrogen-bond acceptors (Lipinski definition) is 5. The van der Waals surface area contributed by atoms with Crippen molar-refractivity contribution in [3.63, 3.8) is 0 Å². The standard InChI is InChI=1S/C17H26N6/c1-14-16(10-21-22(14)2)12-23(11-15-8-19-13-20-9-15)17-4-3-6-18-7-5-17/h8-10,13,17-18H,3-7,11-12H2,1-2H3/t17-/m0/s1. The van der Waals surface area contributed by atoms with Crippen LogP contribution in [0.3, 0.4) is 0 Å². The molecule has 3 rings (SSSR count). The normalized spacial score (nSPS) is 19.0. The number of nitrogens with zero attached hydrogens (tertiary/aromatic N) is 5. The van der Waals surface area contributed by atoms with Gasteiger partial charge in [-0.1, -0.05) is 0 Å². The smallest absolute Gasteiger partial charge is 0.115 e. The van der Waals surface area contributed by atoms with Crippen LogP contribution < -0.4 is 5.32 Å². The van der Waals surface area contributed by atoms with E-state index in [0.717, 1.165) is 26.2 Å². The minimum atomic E-state index is 0.588. The van der Waals surface area contributed by atoms with Gasteiger partial charge in [-0.15, -0.1) is 0 Å². The van der Waals surface area contributed by atoms with E-state index in [1.807, 2.05) is 30.3 Å². The number of rotatable bonds is 5. The summed E-state index contributed by atoms with van der Waals surface area (Å²) >= 11 is 0. The molecule has 0 unspecified atom stereocenters. The molecule has 23 heavy (non-hydrogen) atoms. The van der Waals surface area contributed by atoms with Gasteiger partial charge in [-0.2, -0.15) is 5.10 Å². The first-order valence-electron chi connectivity index (χ1n) is 8.40. The van der Waals surface area contributed by atoms with Crippen LogP contribution in [0.4, 0.5) is 0 Å². The lowest BCUT2D eigenvalue weighted by atomic mass is 10.1. The Hall–Kier alpha value is -1.79. The molecular formula is C17H26N6. The summed E-state index contributed by atoms with van der Waals surface area (Å²) in [6.07, 6.45) is 11.1. The lowest BCUT2D eigenvalue weighted by molar-refractivity contribution is 0.163. The molecule has 0 aromatic carbocycles. The maximum Gasteiger partial charge on any atom is 0.115 e. The molecule has 0 amide bonds. The van der Waals surface area contributed by atoms with E-state index in [4.69, 9.17) is 0 Å². The number of hydrogen-bond donors (Lipinski definition) is 1. The lowest BCUT2D eigenvalue weighted by Crippen LogP contribution is -2.35. The summed E-state index contributed by atoms with van der Waals surface area (Å²) in [6.45, 7) is 6.18. The summed E-state index contributed by atoms with van der Waals surface area (Å²) in [7, 11) is 2.00. The van der Waals surface area contributed by atoms with Gasteiger partial charge in [0.25, 0.3) is 0 Å². The maximum absolute atomic E-state index is 4.39. The highest BCUT2D eigenvalue weighted by atomic mass is 15.3. The monoisotopic (exact) mass is 314 g/mol. The third-order valence-corrected chi connectivity index (χ3v) is 4.77. The van der Waals surface area contributed by atoms with Gasteiger partial charge in [0, 0.05) is 55.4 Å². The average molecular weight is 314 g/mol. The topological polar surface area (TPSA) is 58.9 Å². The molecule has 1 saturated heterocycles. The van der Waals surface area contributed by atoms with E-state index in [1.165, 1.54) is 36.1 Å². The zero-order valence-electron chi connectivity index (χ0n) is 14.1. The highest BCUT2D eigenvalue weighted by Gasteiger charge is 2.22. The van der Waals surface area contributed by atoms with Crippen molar-refractivity contribution in [3.8, 4) is 0 Å². The van der Waals surface area contributed by atoms with Gasteiger partial charge >= 0.3 is 0 Å². The second-order valence-corrected chi connectivity index (χ2v) is 6.37. The molecule has 1 N–H and O–H groups in total. The predicted octanol–water partition coefficient (Wildman–Crippen LogP) is 1.66. The van der Waals surface area contributed by atoms with E-state index >= 15 is 0 Å². The molecular weight excluding hydrogens is 288 g/mol. The first kappa shape index (κ1) is 16.1. The van der Waals surface area contributed by atoms with Crippen LogP contribution in [0.1, 0.15) is 36.1 Å². The van der Waals surface area contributed by atoms with Crippen LogP contribution in [-0.2, 0) is 20.1 Å². The molecule has 6 heteroatoms. The summed E-state index contributed by atoms with van der Waals surface area (Å²) in [5.74, 6) is 0. The van der Waals surface area contributed by atoms with Crippen molar-refractivity contribution in [1.29, 1.82) is 0 Å². The Morgan fingerprint density at radius 3 is 2.74 bits per heavy atom. The molecule has 1 aliphatic rings. The number of aryl methyl sites for hydroxylation is 1. The van der Waals surface area contributed by atoms with E-state index in [-0.39, 0.29) is 0 Å². The van der Waals surface area contributed by atoms with E-state index in [9.17, 15) is 0 Å². The summed E-state index contributed by atoms with van der Waals surface area (Å²) < 4.78 is 1.95. The fourth-order valence-corrected chi connectivity index (χ4v) is 3.24. The Kier molecular flexibility index (Phi) is 5.35. The molecule has 0 radical (unpaired) electrons. The van der Waals surface area contributed by atoms with Gasteiger partial charge in [-0.3, -0.25) is 9.58 Å². The van der Waals surface area contributed by atoms with Gasteiger partial charge in [-0.05, 0) is 39.3 Å². The minimum Gasteiger partial charge on any atom is -0.317 e. The molecule has 1 aliphatic heterocycles. The largest absolute Gasteiger partial charge is 0.317 e. The van der Waals surface area contributed by atoms with Crippen LogP contribution >= 0.6 is 0 Å². The van der Waals surface area contributed by atoms with Gasteiger partial charge in [-0.25, -0.2) is 9.97 Å². The summed E-state index contributed by atoms with van der Waals surface area (Å²) in [5.41, 5.74) is 3.72. The van der Waals surface area contributed by atoms with Crippen molar-refractivity contribution in [2.45, 2.75) is 45.3 Å². The third kappa shape index (κ3) is 4.14. The molecule has 1 atom stereocenters. The molecule has 0 spiro atoms. The molecule has 0 aliphatic carbocycles. The van der Waals surface area contributed by atoms with Gasteiger partial charge in [0.15, 0.2) is 0 Å². The fourth-order valence-electron chi connectivity index (χ4n) is 3.24. The van der Waals surface area contributed by atoms with E-state index in [2.05, 4.69) is 32.2 Å². The van der Waals surface area contributed by atoms with Crippen LogP contribution in [-0.4, -0.2) is 43.8 Å². The predicted molar refractivity (Wildman–Crippen MR) is 89.7 cm³/mol. The van der Waals surface area contributed by atoms with Gasteiger partial charge in [0.2, 0.25) is 0 Å². The van der Waals surface area contributed by atoms with Crippen molar-refractivity contribution in [1.82, 2.24) is 30.0 Å². The average Bonchev–Trinajstić information content (AvgIpc) is 2.79. The van der Waals surface area contributed by atoms with Crippen LogP contribution in [0.5, 0.6) is 0 Å². The first-order chi connectivity index (χ1) is 11.2. The van der Waals surface area contributed by atoms with Crippen molar-refractivity contribution >= 4 is 0 Å². The van der Waals surface area contributed by atoms with Crippen LogP contribution in [0.2, 0.25) is 0 Å². The SMILES string of the molecule is Cc1c(CN(Cc2cncnc2)[C@H]2CCCNCC2)cnn1C. The Morgan fingerprint density at radius 1 is 1.17 bits per heavy atom. The fraction of sp³-hybridized carbons (Fsp3) is 0.588. The van der Waals surface area contributed by atoms with Crippen molar-refractivity contribution < 1.29 is 0 Å². The zero-order valence-corrected chi connectivity index (χ0v) is 14.1. The summed E-state index contributed by atoms with van der Waals surface area (Å²) in [6, 6.07) is 0.588. The minimum absolute atomic E-state index is 0.588. The molecule has 0 bridgehead atoms. The quantitative estimate of drug-likeness (QED) is 0.909. The van der Waals surface area contributed by atoms with Crippen molar-refractivity contribution in [3.05, 3.63) is 41.7 Å². The highest BCUT2D eigenvalue weighted by molar-refractivity contribution is 5.16. The van der Waals surface area contributed by atoms with E-state index < -0.39 is 0 Å². The molecule has 2 aromatic rings. The van der Waals surface area contributed by atoms with E-state index in [1.54, 1.807) is 6.33 Å². The van der Waals surface area contributed by atoms with Crippen molar-refractivity contribution in [2.24, 2.45) is 7.05 Å². The molecule has 1 fully saturated rings. The summed E-state index contributed by atoms with van der Waals surface area (Å²) in [4.78, 5) is 10.9. The van der Waals surface area contributed by atoms with E-state index in [0.29, 0.717) is 6.04 Å². The van der Waals surface area contributed by atoms with Gasteiger partial charge in [0.05, 0.1) is 6.20 Å². The molecule has 0 saturated carbocycles. The molecule has 2 aromatic heterocycles. The number of nitrogens with one attached hydrogen (secondary N) is 1. The van der Waals surface area contributed by atoms with Gasteiger partial charge < -0.3 is 5.32 Å². The second kappa shape index (κ2) is 7.66. The highest BCUT2D eigenvalue weighted by Crippen LogP contribution is 2.20. The maximum atomic E-state index is 4.39. The number of aromatic nitrogens is 4. The summed E-state index contributed by atoms with van der Waals surface area (Å²) in [5, 5.41) is 7.90. The molecule has 6 nitrogen and oxygen atoms in total. The van der Waals surface area contributed by atoms with Crippen LogP contribution in [0.15, 0.2) is 24.9 Å². The molecule has 124 valence electrons. The Morgan fingerprint density at radius 2 is 2.00 bits per heavy atom.